The van der Waals surface area contributed by atoms with Crippen LogP contribution in [0.15, 0.2) is 0 Å². The summed E-state index contributed by atoms with van der Waals surface area (Å²) in [6.45, 7) is 1.88. The first-order chi connectivity index (χ1) is 4.34. The monoisotopic (exact) mass is 147 g/mol. The molecule has 1 heterocycles. The Labute approximate surface area is 59.5 Å². The van der Waals surface area contributed by atoms with Gasteiger partial charge in [-0.25, -0.2) is 4.31 Å². The van der Waals surface area contributed by atoms with Gasteiger partial charge in [-0.05, 0) is 0 Å². The summed E-state index contributed by atoms with van der Waals surface area (Å²) in [5.41, 5.74) is 0. The van der Waals surface area contributed by atoms with Crippen LogP contribution in [-0.2, 0) is 9.53 Å². The molecule has 1 aliphatic rings. The minimum atomic E-state index is -0.151. The van der Waals surface area contributed by atoms with E-state index in [1.54, 1.807) is 4.31 Å². The minimum absolute atomic E-state index is 0.151. The molecule has 52 valence electrons. The van der Waals surface area contributed by atoms with Crippen LogP contribution in [0, 0.1) is 0 Å². The summed E-state index contributed by atoms with van der Waals surface area (Å²) >= 11 is 4.06. The third-order valence-corrected chi connectivity index (χ3v) is 1.79. The molecule has 0 aromatic carbocycles. The summed E-state index contributed by atoms with van der Waals surface area (Å²) < 4.78 is 6.71. The maximum absolute atomic E-state index is 10.2. The molecule has 1 aliphatic heterocycles. The molecule has 4 heteroatoms. The number of morpholine rings is 1. The van der Waals surface area contributed by atoms with E-state index in [2.05, 4.69) is 12.8 Å². The van der Waals surface area contributed by atoms with E-state index < -0.39 is 0 Å². The lowest BCUT2D eigenvalue weighted by molar-refractivity contribution is -0.114. The lowest BCUT2D eigenvalue weighted by atomic mass is 10.3. The number of thiol groups is 1. The summed E-state index contributed by atoms with van der Waals surface area (Å²) in [5, 5.41) is 0. The van der Waals surface area contributed by atoms with Gasteiger partial charge in [0, 0.05) is 6.54 Å². The lowest BCUT2D eigenvalue weighted by Crippen LogP contribution is -2.40. The van der Waals surface area contributed by atoms with Gasteiger partial charge in [0.15, 0.2) is 0 Å². The number of nitrogens with zero attached hydrogens (tertiary/aromatic N) is 1. The third kappa shape index (κ3) is 1.67. The number of aldehydes is 1. The van der Waals surface area contributed by atoms with Gasteiger partial charge in [-0.1, -0.05) is 12.8 Å². The molecule has 1 saturated heterocycles. The highest BCUT2D eigenvalue weighted by molar-refractivity contribution is 7.77. The molecule has 0 aliphatic carbocycles. The summed E-state index contributed by atoms with van der Waals surface area (Å²) in [6, 6.07) is -0.151. The molecule has 1 fully saturated rings. The van der Waals surface area contributed by atoms with Crippen molar-refractivity contribution < 1.29 is 9.53 Å². The summed E-state index contributed by atoms with van der Waals surface area (Å²) in [6.07, 6.45) is 0.853. The quantitative estimate of drug-likeness (QED) is 0.409. The van der Waals surface area contributed by atoms with Crippen molar-refractivity contribution in [1.29, 1.82) is 0 Å². The average molecular weight is 147 g/mol. The van der Waals surface area contributed by atoms with Crippen molar-refractivity contribution in [2.24, 2.45) is 0 Å². The Bertz CT molecular complexity index is 109. The number of rotatable bonds is 1. The van der Waals surface area contributed by atoms with Crippen molar-refractivity contribution >= 4 is 19.1 Å². The third-order valence-electron chi connectivity index (χ3n) is 1.29. The molecule has 0 saturated carbocycles. The van der Waals surface area contributed by atoms with E-state index in [9.17, 15) is 4.79 Å². The summed E-state index contributed by atoms with van der Waals surface area (Å²) in [5.74, 6) is 0. The van der Waals surface area contributed by atoms with E-state index >= 15 is 0 Å². The van der Waals surface area contributed by atoms with Crippen molar-refractivity contribution in [3.05, 3.63) is 0 Å². The van der Waals surface area contributed by atoms with Crippen LogP contribution in [0.25, 0.3) is 0 Å². The topological polar surface area (TPSA) is 29.5 Å². The molecule has 1 unspecified atom stereocenters. The van der Waals surface area contributed by atoms with Gasteiger partial charge in [-0.2, -0.15) is 0 Å². The van der Waals surface area contributed by atoms with Crippen molar-refractivity contribution in [3.8, 4) is 0 Å². The number of hydrogen-bond acceptors (Lipinski definition) is 4. The molecule has 1 rings (SSSR count). The van der Waals surface area contributed by atoms with Crippen LogP contribution in [0.4, 0.5) is 0 Å². The number of hydrogen-bond donors (Lipinski definition) is 1. The first-order valence-corrected chi connectivity index (χ1v) is 3.23. The number of ether oxygens (including phenoxy) is 1. The SMILES string of the molecule is O=CC1COCCN1S. The van der Waals surface area contributed by atoms with E-state index in [-0.39, 0.29) is 6.04 Å². The van der Waals surface area contributed by atoms with Crippen molar-refractivity contribution in [3.63, 3.8) is 0 Å². The van der Waals surface area contributed by atoms with Gasteiger partial charge >= 0.3 is 0 Å². The maximum atomic E-state index is 10.2. The maximum Gasteiger partial charge on any atom is 0.140 e. The zero-order chi connectivity index (χ0) is 6.69. The normalized spacial score (nSPS) is 30.1. The van der Waals surface area contributed by atoms with Crippen LogP contribution in [0.3, 0.4) is 0 Å². The minimum Gasteiger partial charge on any atom is -0.378 e. The molecule has 0 aromatic rings. The lowest BCUT2D eigenvalue weighted by Gasteiger charge is -2.26. The molecule has 1 atom stereocenters. The van der Waals surface area contributed by atoms with Crippen molar-refractivity contribution in [1.82, 2.24) is 4.31 Å². The van der Waals surface area contributed by atoms with Gasteiger partial charge in [-0.15, -0.1) is 0 Å². The molecule has 0 aromatic heterocycles. The second kappa shape index (κ2) is 3.20. The van der Waals surface area contributed by atoms with Gasteiger partial charge in [0.1, 0.15) is 6.29 Å². The highest BCUT2D eigenvalue weighted by Gasteiger charge is 2.18. The highest BCUT2D eigenvalue weighted by atomic mass is 32.1. The molecule has 3 nitrogen and oxygen atoms in total. The molecular formula is C5H9NO2S. The molecule has 0 spiro atoms. The van der Waals surface area contributed by atoms with E-state index in [0.29, 0.717) is 13.2 Å². The predicted octanol–water partition coefficient (Wildman–Crippen LogP) is -0.269. The second-order valence-electron chi connectivity index (χ2n) is 1.94. The van der Waals surface area contributed by atoms with E-state index in [1.807, 2.05) is 0 Å². The molecule has 0 N–H and O–H groups in total. The van der Waals surface area contributed by atoms with Crippen LogP contribution >= 0.6 is 12.8 Å². The van der Waals surface area contributed by atoms with Gasteiger partial charge in [0.2, 0.25) is 0 Å². The van der Waals surface area contributed by atoms with Crippen LogP contribution in [-0.4, -0.2) is 36.4 Å². The second-order valence-corrected chi connectivity index (χ2v) is 2.46. The van der Waals surface area contributed by atoms with E-state index in [4.69, 9.17) is 4.74 Å². The van der Waals surface area contributed by atoms with Crippen LogP contribution in [0.2, 0.25) is 0 Å². The summed E-state index contributed by atoms with van der Waals surface area (Å²) in [7, 11) is 0. The zero-order valence-corrected chi connectivity index (χ0v) is 5.88. The van der Waals surface area contributed by atoms with Gasteiger partial charge < -0.3 is 9.53 Å². The molecule has 0 amide bonds. The Morgan fingerprint density at radius 2 is 2.56 bits per heavy atom. The Kier molecular flexibility index (Phi) is 2.50. The largest absolute Gasteiger partial charge is 0.378 e. The fourth-order valence-corrected chi connectivity index (χ4v) is 0.926. The smallest absolute Gasteiger partial charge is 0.140 e. The van der Waals surface area contributed by atoms with Crippen molar-refractivity contribution in [2.75, 3.05) is 19.8 Å². The fraction of sp³-hybridized carbons (Fsp3) is 0.800. The van der Waals surface area contributed by atoms with Gasteiger partial charge in [0.05, 0.1) is 19.3 Å². The van der Waals surface area contributed by atoms with E-state index in [1.165, 1.54) is 0 Å². The predicted molar refractivity (Wildman–Crippen MR) is 36.4 cm³/mol. The summed E-state index contributed by atoms with van der Waals surface area (Å²) in [4.78, 5) is 10.2. The standard InChI is InChI=1S/C5H9NO2S/c7-3-5-4-8-2-1-6(5)9/h3,5,9H,1-2,4H2. The number of carbonyl (C=O) groups excluding carboxylic acids is 1. The van der Waals surface area contributed by atoms with Crippen LogP contribution in [0.5, 0.6) is 0 Å². The van der Waals surface area contributed by atoms with Crippen LogP contribution in [0.1, 0.15) is 0 Å². The first kappa shape index (κ1) is 7.05. The Hall–Kier alpha value is -0.0600. The van der Waals surface area contributed by atoms with Gasteiger partial charge in [0.25, 0.3) is 0 Å². The molecule has 0 radical (unpaired) electrons. The number of carbonyl (C=O) groups is 1. The Morgan fingerprint density at radius 1 is 1.78 bits per heavy atom. The Balaban J connectivity index is 2.38. The zero-order valence-electron chi connectivity index (χ0n) is 4.99. The van der Waals surface area contributed by atoms with Crippen molar-refractivity contribution in [2.45, 2.75) is 6.04 Å². The molecule has 9 heavy (non-hydrogen) atoms. The first-order valence-electron chi connectivity index (χ1n) is 2.83. The average Bonchev–Trinajstić information content (AvgIpc) is 1.89. The molecular weight excluding hydrogens is 138 g/mol. The van der Waals surface area contributed by atoms with Crippen LogP contribution < -0.4 is 0 Å². The molecule has 0 bridgehead atoms. The fourth-order valence-electron chi connectivity index (χ4n) is 0.724. The van der Waals surface area contributed by atoms with E-state index in [0.717, 1.165) is 12.8 Å². The Morgan fingerprint density at radius 3 is 3.00 bits per heavy atom. The highest BCUT2D eigenvalue weighted by Crippen LogP contribution is 2.05. The van der Waals surface area contributed by atoms with Gasteiger partial charge in [-0.3, -0.25) is 0 Å².